The first kappa shape index (κ1) is 16.2. The van der Waals surface area contributed by atoms with E-state index in [1.807, 2.05) is 21.0 Å². The molecule has 2 amide bonds. The summed E-state index contributed by atoms with van der Waals surface area (Å²) < 4.78 is 1.50. The van der Waals surface area contributed by atoms with Gasteiger partial charge in [0.1, 0.15) is 5.69 Å². The fourth-order valence-corrected chi connectivity index (χ4v) is 1.76. The van der Waals surface area contributed by atoms with E-state index in [-0.39, 0.29) is 18.4 Å². The highest BCUT2D eigenvalue weighted by molar-refractivity contribution is 5.95. The van der Waals surface area contributed by atoms with Gasteiger partial charge in [0.2, 0.25) is 5.91 Å². The molecule has 0 atom stereocenters. The van der Waals surface area contributed by atoms with Crippen molar-refractivity contribution in [3.63, 3.8) is 0 Å². The van der Waals surface area contributed by atoms with Crippen LogP contribution in [0.4, 0.5) is 0 Å². The Labute approximate surface area is 119 Å². The zero-order valence-corrected chi connectivity index (χ0v) is 12.6. The highest BCUT2D eigenvalue weighted by Gasteiger charge is 2.12. The van der Waals surface area contributed by atoms with Gasteiger partial charge >= 0.3 is 0 Å². The highest BCUT2D eigenvalue weighted by atomic mass is 16.2. The number of carbonyl (C=O) groups excluding carboxylic acids is 2. The molecule has 0 radical (unpaired) electrons. The Balaban J connectivity index is 2.27. The van der Waals surface area contributed by atoms with Crippen LogP contribution in [-0.4, -0.2) is 60.2 Å². The Morgan fingerprint density at radius 1 is 1.35 bits per heavy atom. The van der Waals surface area contributed by atoms with Gasteiger partial charge in [-0.2, -0.15) is 5.10 Å². The number of aromatic nitrogens is 2. The highest BCUT2D eigenvalue weighted by Crippen LogP contribution is 2.00. The van der Waals surface area contributed by atoms with Gasteiger partial charge in [0.05, 0.1) is 12.2 Å². The molecule has 0 unspecified atom stereocenters. The molecule has 0 saturated heterocycles. The molecule has 0 aliphatic carbocycles. The summed E-state index contributed by atoms with van der Waals surface area (Å²) in [5, 5.41) is 9.43. The molecule has 112 valence electrons. The summed E-state index contributed by atoms with van der Waals surface area (Å²) in [6.07, 6.45) is 0.883. The van der Waals surface area contributed by atoms with E-state index >= 15 is 0 Å². The van der Waals surface area contributed by atoms with E-state index in [4.69, 9.17) is 0 Å². The molecule has 2 N–H and O–H groups in total. The van der Waals surface area contributed by atoms with Crippen LogP contribution in [0.3, 0.4) is 0 Å². The second kappa shape index (κ2) is 7.64. The molecule has 0 bridgehead atoms. The summed E-state index contributed by atoms with van der Waals surface area (Å²) in [7, 11) is 5.67. The monoisotopic (exact) mass is 281 g/mol. The van der Waals surface area contributed by atoms with Crippen LogP contribution in [0.2, 0.25) is 0 Å². The predicted molar refractivity (Wildman–Crippen MR) is 76.5 cm³/mol. The lowest BCUT2D eigenvalue weighted by molar-refractivity contribution is -0.120. The fraction of sp³-hybridized carbons (Fsp3) is 0.615. The molecule has 0 aliphatic rings. The zero-order valence-electron chi connectivity index (χ0n) is 12.6. The first-order valence-electron chi connectivity index (χ1n) is 6.60. The van der Waals surface area contributed by atoms with Crippen molar-refractivity contribution in [3.8, 4) is 0 Å². The minimum Gasteiger partial charge on any atom is -0.355 e. The smallest absolute Gasteiger partial charge is 0.269 e. The SMILES string of the molecule is Cc1cc(C(=O)NCC(=O)NCCCN(C)C)n(C)n1. The summed E-state index contributed by atoms with van der Waals surface area (Å²) in [6.45, 7) is 3.32. The molecule has 1 rings (SSSR count). The standard InChI is InChI=1S/C13H23N5O2/c1-10-8-11(18(4)16-10)13(20)15-9-12(19)14-6-5-7-17(2)3/h8H,5-7,9H2,1-4H3,(H,14,19)(H,15,20). The number of carbonyl (C=O) groups is 2. The molecule has 0 aliphatic heterocycles. The number of hydrogen-bond donors (Lipinski definition) is 2. The maximum atomic E-state index is 11.8. The van der Waals surface area contributed by atoms with Crippen molar-refractivity contribution in [2.24, 2.45) is 7.05 Å². The average molecular weight is 281 g/mol. The van der Waals surface area contributed by atoms with Crippen LogP contribution in [0.25, 0.3) is 0 Å². The van der Waals surface area contributed by atoms with Crippen molar-refractivity contribution in [2.45, 2.75) is 13.3 Å². The largest absolute Gasteiger partial charge is 0.355 e. The lowest BCUT2D eigenvalue weighted by Gasteiger charge is -2.10. The van der Waals surface area contributed by atoms with Crippen molar-refractivity contribution in [2.75, 3.05) is 33.7 Å². The first-order chi connectivity index (χ1) is 9.40. The maximum Gasteiger partial charge on any atom is 0.269 e. The Hall–Kier alpha value is -1.89. The fourth-order valence-electron chi connectivity index (χ4n) is 1.76. The van der Waals surface area contributed by atoms with E-state index in [9.17, 15) is 9.59 Å². The molecule has 0 spiro atoms. The Kier molecular flexibility index (Phi) is 6.17. The number of nitrogens with one attached hydrogen (secondary N) is 2. The summed E-state index contributed by atoms with van der Waals surface area (Å²) in [5.41, 5.74) is 1.22. The normalized spacial score (nSPS) is 10.7. The molecule has 1 heterocycles. The minimum absolute atomic E-state index is 0.0228. The van der Waals surface area contributed by atoms with Crippen LogP contribution in [0, 0.1) is 6.92 Å². The first-order valence-corrected chi connectivity index (χ1v) is 6.60. The van der Waals surface area contributed by atoms with E-state index in [0.717, 1.165) is 18.7 Å². The molecule has 7 nitrogen and oxygen atoms in total. The van der Waals surface area contributed by atoms with Crippen molar-refractivity contribution >= 4 is 11.8 Å². The van der Waals surface area contributed by atoms with Crippen LogP contribution in [0.5, 0.6) is 0 Å². The number of amides is 2. The van der Waals surface area contributed by atoms with Crippen LogP contribution in [0.15, 0.2) is 6.07 Å². The van der Waals surface area contributed by atoms with Gasteiger partial charge in [0, 0.05) is 13.6 Å². The summed E-state index contributed by atoms with van der Waals surface area (Å²) in [5.74, 6) is -0.479. The predicted octanol–water partition coefficient (Wildman–Crippen LogP) is -0.474. The van der Waals surface area contributed by atoms with Crippen molar-refractivity contribution in [1.29, 1.82) is 0 Å². The van der Waals surface area contributed by atoms with E-state index in [1.165, 1.54) is 4.68 Å². The van der Waals surface area contributed by atoms with Crippen molar-refractivity contribution < 1.29 is 9.59 Å². The van der Waals surface area contributed by atoms with Crippen LogP contribution < -0.4 is 10.6 Å². The van der Waals surface area contributed by atoms with Gasteiger partial charge in [-0.15, -0.1) is 0 Å². The molecule has 1 aromatic heterocycles. The maximum absolute atomic E-state index is 11.8. The Morgan fingerprint density at radius 2 is 2.05 bits per heavy atom. The van der Waals surface area contributed by atoms with E-state index in [2.05, 4.69) is 20.6 Å². The van der Waals surface area contributed by atoms with Gasteiger partial charge in [-0.25, -0.2) is 0 Å². The number of nitrogens with zero attached hydrogens (tertiary/aromatic N) is 3. The van der Waals surface area contributed by atoms with Gasteiger partial charge in [-0.05, 0) is 40.1 Å². The Morgan fingerprint density at radius 3 is 2.60 bits per heavy atom. The molecule has 7 heteroatoms. The third-order valence-corrected chi connectivity index (χ3v) is 2.75. The lowest BCUT2D eigenvalue weighted by Crippen LogP contribution is -2.38. The number of rotatable bonds is 7. The van der Waals surface area contributed by atoms with E-state index in [1.54, 1.807) is 13.1 Å². The molecule has 0 fully saturated rings. The third-order valence-electron chi connectivity index (χ3n) is 2.75. The second-order valence-corrected chi connectivity index (χ2v) is 4.98. The van der Waals surface area contributed by atoms with Crippen LogP contribution >= 0.6 is 0 Å². The van der Waals surface area contributed by atoms with Crippen molar-refractivity contribution in [3.05, 3.63) is 17.5 Å². The molecule has 0 aromatic carbocycles. The van der Waals surface area contributed by atoms with Gasteiger partial charge in [-0.1, -0.05) is 0 Å². The van der Waals surface area contributed by atoms with Crippen LogP contribution in [-0.2, 0) is 11.8 Å². The minimum atomic E-state index is -0.295. The molecule has 20 heavy (non-hydrogen) atoms. The van der Waals surface area contributed by atoms with Gasteiger partial charge in [0.15, 0.2) is 0 Å². The number of hydrogen-bond acceptors (Lipinski definition) is 4. The van der Waals surface area contributed by atoms with Crippen LogP contribution in [0.1, 0.15) is 22.6 Å². The zero-order chi connectivity index (χ0) is 15.1. The second-order valence-electron chi connectivity index (χ2n) is 4.98. The van der Waals surface area contributed by atoms with Gasteiger partial charge in [0.25, 0.3) is 5.91 Å². The molecule has 1 aromatic rings. The summed E-state index contributed by atoms with van der Waals surface area (Å²) in [6, 6.07) is 1.68. The molecular weight excluding hydrogens is 258 g/mol. The van der Waals surface area contributed by atoms with E-state index < -0.39 is 0 Å². The summed E-state index contributed by atoms with van der Waals surface area (Å²) in [4.78, 5) is 25.4. The third kappa shape index (κ3) is 5.40. The molecular formula is C13H23N5O2. The number of aryl methyl sites for hydroxylation is 2. The van der Waals surface area contributed by atoms with Gasteiger partial charge in [-0.3, -0.25) is 14.3 Å². The quantitative estimate of drug-likeness (QED) is 0.662. The summed E-state index contributed by atoms with van der Waals surface area (Å²) >= 11 is 0. The Bertz CT molecular complexity index is 467. The average Bonchev–Trinajstić information content (AvgIpc) is 2.70. The van der Waals surface area contributed by atoms with Gasteiger partial charge < -0.3 is 15.5 Å². The van der Waals surface area contributed by atoms with E-state index in [0.29, 0.717) is 12.2 Å². The lowest BCUT2D eigenvalue weighted by atomic mass is 10.3. The molecule has 0 saturated carbocycles. The topological polar surface area (TPSA) is 79.3 Å². The van der Waals surface area contributed by atoms with Crippen molar-refractivity contribution in [1.82, 2.24) is 25.3 Å².